The van der Waals surface area contributed by atoms with Crippen LogP contribution in [-0.4, -0.2) is 71.2 Å². The second-order valence-corrected chi connectivity index (χ2v) is 10.3. The van der Waals surface area contributed by atoms with Gasteiger partial charge in [-0.15, -0.1) is 0 Å². The Labute approximate surface area is 209 Å². The molecule has 0 aliphatic carbocycles. The summed E-state index contributed by atoms with van der Waals surface area (Å²) < 4.78 is 0. The Morgan fingerprint density at radius 1 is 0.529 bits per heavy atom. The Bertz CT molecular complexity index is 463. The number of hydrogen-bond donors (Lipinski definition) is 2. The highest BCUT2D eigenvalue weighted by molar-refractivity contribution is 5.66. The minimum Gasteiger partial charge on any atom is -0.481 e. The summed E-state index contributed by atoms with van der Waals surface area (Å²) in [6.07, 6.45) is 22.3. The van der Waals surface area contributed by atoms with Crippen molar-refractivity contribution in [1.82, 2.24) is 9.80 Å². The van der Waals surface area contributed by atoms with Gasteiger partial charge in [0, 0.05) is 12.8 Å². The van der Waals surface area contributed by atoms with Crippen molar-refractivity contribution in [2.75, 3.05) is 39.3 Å². The molecule has 0 saturated carbocycles. The number of nitrogens with zero attached hydrogens (tertiary/aromatic N) is 2. The molecule has 1 aliphatic heterocycles. The van der Waals surface area contributed by atoms with Crippen LogP contribution in [-0.2, 0) is 9.59 Å². The van der Waals surface area contributed by atoms with Crippen LogP contribution in [0, 0.1) is 0 Å². The van der Waals surface area contributed by atoms with Crippen molar-refractivity contribution >= 4 is 11.9 Å². The molecule has 0 radical (unpaired) electrons. The number of unbranched alkanes of at least 4 members (excludes halogenated alkanes) is 12. The van der Waals surface area contributed by atoms with E-state index in [1.807, 2.05) is 0 Å². The zero-order valence-corrected chi connectivity index (χ0v) is 22.0. The van der Waals surface area contributed by atoms with Crippen LogP contribution in [0.3, 0.4) is 0 Å². The first-order valence-electron chi connectivity index (χ1n) is 14.5. The van der Waals surface area contributed by atoms with Crippen molar-refractivity contribution < 1.29 is 19.8 Å². The van der Waals surface area contributed by atoms with E-state index in [1.165, 1.54) is 129 Å². The molecule has 1 saturated heterocycles. The minimum absolute atomic E-state index is 0.317. The first kappa shape index (κ1) is 30.9. The van der Waals surface area contributed by atoms with Crippen LogP contribution in [0.2, 0.25) is 0 Å². The van der Waals surface area contributed by atoms with E-state index in [-0.39, 0.29) is 0 Å². The van der Waals surface area contributed by atoms with E-state index < -0.39 is 11.9 Å². The number of carbonyl (C=O) groups is 2. The van der Waals surface area contributed by atoms with Crippen molar-refractivity contribution in [3.8, 4) is 0 Å². The first-order valence-corrected chi connectivity index (χ1v) is 14.5. The predicted molar refractivity (Wildman–Crippen MR) is 140 cm³/mol. The summed E-state index contributed by atoms with van der Waals surface area (Å²) in [6, 6.07) is 0. The van der Waals surface area contributed by atoms with E-state index in [9.17, 15) is 9.59 Å². The number of piperidine rings is 1. The molecule has 1 rings (SSSR count). The molecule has 1 aliphatic rings. The minimum atomic E-state index is -0.670. The Kier molecular flexibility index (Phi) is 20.3. The van der Waals surface area contributed by atoms with Gasteiger partial charge in [0.15, 0.2) is 0 Å². The molecule has 2 N–H and O–H groups in total. The van der Waals surface area contributed by atoms with Gasteiger partial charge >= 0.3 is 11.9 Å². The molecular weight excluding hydrogens is 428 g/mol. The highest BCUT2D eigenvalue weighted by Gasteiger charge is 2.11. The molecule has 0 aromatic heterocycles. The van der Waals surface area contributed by atoms with Crippen molar-refractivity contribution in [3.63, 3.8) is 0 Å². The maximum atomic E-state index is 10.6. The molecule has 0 unspecified atom stereocenters. The van der Waals surface area contributed by atoms with Gasteiger partial charge in [-0.25, -0.2) is 0 Å². The molecule has 0 aromatic rings. The third-order valence-electron chi connectivity index (χ3n) is 7.13. The van der Waals surface area contributed by atoms with Crippen LogP contribution < -0.4 is 0 Å². The summed E-state index contributed by atoms with van der Waals surface area (Å²) in [4.78, 5) is 26.5. The molecule has 6 nitrogen and oxygen atoms in total. The molecule has 0 spiro atoms. The van der Waals surface area contributed by atoms with E-state index in [1.54, 1.807) is 0 Å². The summed E-state index contributed by atoms with van der Waals surface area (Å²) in [5, 5.41) is 17.4. The quantitative estimate of drug-likeness (QED) is 0.151. The monoisotopic (exact) mass is 482 g/mol. The van der Waals surface area contributed by atoms with E-state index in [0.29, 0.717) is 12.8 Å². The Morgan fingerprint density at radius 2 is 0.912 bits per heavy atom. The van der Waals surface area contributed by atoms with Crippen LogP contribution in [0.1, 0.15) is 128 Å². The fourth-order valence-corrected chi connectivity index (χ4v) is 5.03. The lowest BCUT2D eigenvalue weighted by Gasteiger charge is -2.28. The molecule has 1 heterocycles. The highest BCUT2D eigenvalue weighted by Crippen LogP contribution is 2.13. The molecule has 200 valence electrons. The van der Waals surface area contributed by atoms with Gasteiger partial charge in [-0.05, 0) is 84.2 Å². The molecule has 0 aromatic carbocycles. The molecule has 0 bridgehead atoms. The summed E-state index contributed by atoms with van der Waals surface area (Å²) in [7, 11) is 0. The van der Waals surface area contributed by atoms with Gasteiger partial charge in [0.1, 0.15) is 0 Å². The highest BCUT2D eigenvalue weighted by atomic mass is 16.4. The summed E-state index contributed by atoms with van der Waals surface area (Å²) in [5.41, 5.74) is 0. The lowest BCUT2D eigenvalue weighted by atomic mass is 10.1. The topological polar surface area (TPSA) is 81.1 Å². The van der Waals surface area contributed by atoms with Crippen molar-refractivity contribution in [3.05, 3.63) is 0 Å². The Hall–Kier alpha value is -1.14. The third-order valence-corrected chi connectivity index (χ3v) is 7.13. The van der Waals surface area contributed by atoms with Crippen LogP contribution >= 0.6 is 0 Å². The SMILES string of the molecule is O=C(O)CCCCCCCCCN(CCCCCCCCCC(=O)O)CCCN1CCCCC1. The molecule has 0 amide bonds. The van der Waals surface area contributed by atoms with Crippen LogP contribution in [0.15, 0.2) is 0 Å². The molecular formula is C28H54N2O4. The molecule has 1 fully saturated rings. The van der Waals surface area contributed by atoms with Gasteiger partial charge in [0.25, 0.3) is 0 Å². The first-order chi connectivity index (χ1) is 16.6. The largest absolute Gasteiger partial charge is 0.481 e. The average molecular weight is 483 g/mol. The maximum absolute atomic E-state index is 10.6. The van der Waals surface area contributed by atoms with E-state index >= 15 is 0 Å². The normalized spacial score (nSPS) is 14.6. The van der Waals surface area contributed by atoms with E-state index in [4.69, 9.17) is 10.2 Å². The van der Waals surface area contributed by atoms with E-state index in [2.05, 4.69) is 9.80 Å². The number of carboxylic acids is 2. The summed E-state index contributed by atoms with van der Waals surface area (Å²) in [5.74, 6) is -1.34. The average Bonchev–Trinajstić information content (AvgIpc) is 2.81. The lowest BCUT2D eigenvalue weighted by Crippen LogP contribution is -2.34. The van der Waals surface area contributed by atoms with Crippen molar-refractivity contribution in [2.24, 2.45) is 0 Å². The number of likely N-dealkylation sites (tertiary alicyclic amines) is 1. The Morgan fingerprint density at radius 3 is 1.35 bits per heavy atom. The lowest BCUT2D eigenvalue weighted by molar-refractivity contribution is -0.138. The number of carboxylic acid groups (broad SMARTS) is 2. The van der Waals surface area contributed by atoms with Gasteiger partial charge in [-0.2, -0.15) is 0 Å². The molecule has 34 heavy (non-hydrogen) atoms. The number of rotatable bonds is 24. The zero-order chi connectivity index (χ0) is 24.7. The number of aliphatic carboxylic acids is 2. The van der Waals surface area contributed by atoms with Crippen LogP contribution in [0.25, 0.3) is 0 Å². The van der Waals surface area contributed by atoms with Crippen LogP contribution in [0.5, 0.6) is 0 Å². The van der Waals surface area contributed by atoms with Gasteiger partial charge in [-0.1, -0.05) is 70.6 Å². The standard InChI is InChI=1S/C28H54N2O4/c31-27(32)19-12-7-3-1-5-9-14-21-29(25-18-26-30-23-16-11-17-24-30)22-15-10-6-2-4-8-13-20-28(33)34/h1-26H2,(H,31,32)(H,33,34). The summed E-state index contributed by atoms with van der Waals surface area (Å²) >= 11 is 0. The van der Waals surface area contributed by atoms with Gasteiger partial charge in [0.2, 0.25) is 0 Å². The van der Waals surface area contributed by atoms with Crippen molar-refractivity contribution in [1.29, 1.82) is 0 Å². The zero-order valence-electron chi connectivity index (χ0n) is 22.0. The van der Waals surface area contributed by atoms with Gasteiger partial charge in [0.05, 0.1) is 0 Å². The van der Waals surface area contributed by atoms with Crippen LogP contribution in [0.4, 0.5) is 0 Å². The van der Waals surface area contributed by atoms with E-state index in [0.717, 1.165) is 25.7 Å². The molecule has 6 heteroatoms. The fourth-order valence-electron chi connectivity index (χ4n) is 5.03. The molecule has 0 atom stereocenters. The second kappa shape index (κ2) is 22.3. The second-order valence-electron chi connectivity index (χ2n) is 10.3. The predicted octanol–water partition coefficient (Wildman–Crippen LogP) is 6.58. The van der Waals surface area contributed by atoms with Crippen molar-refractivity contribution in [2.45, 2.75) is 128 Å². The summed E-state index contributed by atoms with van der Waals surface area (Å²) in [6.45, 7) is 7.49. The fraction of sp³-hybridized carbons (Fsp3) is 0.929. The van der Waals surface area contributed by atoms with Gasteiger partial charge < -0.3 is 20.0 Å². The maximum Gasteiger partial charge on any atom is 0.303 e. The number of hydrogen-bond acceptors (Lipinski definition) is 4. The third kappa shape index (κ3) is 20.3. The van der Waals surface area contributed by atoms with Gasteiger partial charge in [-0.3, -0.25) is 9.59 Å². The Balaban J connectivity index is 2.12. The smallest absolute Gasteiger partial charge is 0.303 e.